The van der Waals surface area contributed by atoms with E-state index in [1.165, 1.54) is 19.4 Å². The lowest BCUT2D eigenvalue weighted by Gasteiger charge is -2.35. The second-order valence-corrected chi connectivity index (χ2v) is 8.09. The van der Waals surface area contributed by atoms with Crippen molar-refractivity contribution >= 4 is 17.3 Å². The van der Waals surface area contributed by atoms with E-state index in [0.29, 0.717) is 18.5 Å². The number of aliphatic imine (C=N–C) groups is 1. The summed E-state index contributed by atoms with van der Waals surface area (Å²) >= 11 is 1.69. The lowest BCUT2D eigenvalue weighted by Crippen LogP contribution is -2.51. The molecule has 2 atom stereocenters. The van der Waals surface area contributed by atoms with Crippen molar-refractivity contribution in [1.29, 1.82) is 0 Å². The van der Waals surface area contributed by atoms with E-state index in [2.05, 4.69) is 51.7 Å². The average molecular weight is 366 g/mol. The molecule has 2 saturated heterocycles. The van der Waals surface area contributed by atoms with Crippen LogP contribution >= 0.6 is 11.3 Å². The quantitative estimate of drug-likeness (QED) is 0.598. The number of hydrogen-bond acceptors (Lipinski definition) is 5. The Morgan fingerprint density at radius 2 is 2.36 bits per heavy atom. The van der Waals surface area contributed by atoms with Crippen LogP contribution in [0.25, 0.3) is 0 Å². The molecule has 0 aromatic carbocycles. The van der Waals surface area contributed by atoms with Gasteiger partial charge in [0.05, 0.1) is 24.9 Å². The molecule has 3 heterocycles. The number of morpholine rings is 1. The Morgan fingerprint density at radius 3 is 3.12 bits per heavy atom. The van der Waals surface area contributed by atoms with Gasteiger partial charge >= 0.3 is 0 Å². The molecule has 1 aromatic rings. The fourth-order valence-corrected chi connectivity index (χ4v) is 4.25. The summed E-state index contributed by atoms with van der Waals surface area (Å²) in [5, 5.41) is 9.95. The molecule has 3 rings (SSSR count). The standard InChI is InChI=1S/C18H31N5OS/c1-4-19-18(21-9-17-22-16(12-25-17)13(2)3)20-8-15-10-23-7-5-6-14(23)11-24-15/h12-15H,4-11H2,1-3H3,(H2,19,20,21). The Hall–Kier alpha value is -1.18. The Morgan fingerprint density at radius 1 is 1.48 bits per heavy atom. The largest absolute Gasteiger partial charge is 0.373 e. The molecule has 0 aliphatic carbocycles. The van der Waals surface area contributed by atoms with Crippen LogP contribution in [0, 0.1) is 0 Å². The lowest BCUT2D eigenvalue weighted by molar-refractivity contribution is -0.0453. The number of ether oxygens (including phenoxy) is 1. The highest BCUT2D eigenvalue weighted by atomic mass is 32.1. The molecule has 2 N–H and O–H groups in total. The van der Waals surface area contributed by atoms with Crippen molar-refractivity contribution in [2.45, 2.75) is 58.2 Å². The van der Waals surface area contributed by atoms with Crippen molar-refractivity contribution in [3.63, 3.8) is 0 Å². The number of hydrogen-bond donors (Lipinski definition) is 2. The van der Waals surface area contributed by atoms with Crippen LogP contribution < -0.4 is 10.6 Å². The minimum absolute atomic E-state index is 0.241. The third-order valence-corrected chi connectivity index (χ3v) is 5.69. The van der Waals surface area contributed by atoms with Crippen LogP contribution in [0.2, 0.25) is 0 Å². The summed E-state index contributed by atoms with van der Waals surface area (Å²) in [7, 11) is 0. The minimum Gasteiger partial charge on any atom is -0.373 e. The highest BCUT2D eigenvalue weighted by Crippen LogP contribution is 2.22. The van der Waals surface area contributed by atoms with Crippen LogP contribution in [0.4, 0.5) is 0 Å². The third kappa shape index (κ3) is 5.15. The second kappa shape index (κ2) is 8.96. The molecular formula is C18H31N5OS. The first kappa shape index (κ1) is 18.6. The van der Waals surface area contributed by atoms with Crippen molar-refractivity contribution in [3.8, 4) is 0 Å². The van der Waals surface area contributed by atoms with Crippen LogP contribution in [-0.4, -0.2) is 60.8 Å². The normalized spacial score (nSPS) is 24.6. The fourth-order valence-electron chi connectivity index (χ4n) is 3.37. The predicted molar refractivity (Wildman–Crippen MR) is 103 cm³/mol. The van der Waals surface area contributed by atoms with E-state index >= 15 is 0 Å². The van der Waals surface area contributed by atoms with E-state index in [4.69, 9.17) is 4.74 Å². The molecule has 0 saturated carbocycles. The number of nitrogens with one attached hydrogen (secondary N) is 2. The number of guanidine groups is 1. The molecule has 6 nitrogen and oxygen atoms in total. The summed E-state index contributed by atoms with van der Waals surface area (Å²) in [6.45, 7) is 11.8. The second-order valence-electron chi connectivity index (χ2n) is 7.14. The van der Waals surface area contributed by atoms with Gasteiger partial charge in [0.1, 0.15) is 5.01 Å². The van der Waals surface area contributed by atoms with E-state index in [1.54, 1.807) is 11.3 Å². The van der Waals surface area contributed by atoms with Crippen molar-refractivity contribution in [2.75, 3.05) is 32.8 Å². The van der Waals surface area contributed by atoms with Crippen LogP contribution in [-0.2, 0) is 11.3 Å². The van der Waals surface area contributed by atoms with Gasteiger partial charge in [-0.25, -0.2) is 9.98 Å². The Labute approximate surface area is 155 Å². The highest BCUT2D eigenvalue weighted by Gasteiger charge is 2.32. The first-order chi connectivity index (χ1) is 12.2. The summed E-state index contributed by atoms with van der Waals surface area (Å²) in [5.74, 6) is 1.31. The van der Waals surface area contributed by atoms with Crippen molar-refractivity contribution in [2.24, 2.45) is 4.99 Å². The smallest absolute Gasteiger partial charge is 0.191 e. The number of thiazole rings is 1. The molecular weight excluding hydrogens is 334 g/mol. The van der Waals surface area contributed by atoms with Gasteiger partial charge in [-0.1, -0.05) is 13.8 Å². The van der Waals surface area contributed by atoms with E-state index < -0.39 is 0 Å². The SMILES string of the molecule is CCNC(=NCc1nc(C(C)C)cs1)NCC1CN2CCCC2CO1. The maximum atomic E-state index is 6.02. The predicted octanol–water partition coefficient (Wildman–Crippen LogP) is 2.18. The monoisotopic (exact) mass is 365 g/mol. The number of fused-ring (bicyclic) bond motifs is 1. The van der Waals surface area contributed by atoms with E-state index in [1.807, 2.05) is 0 Å². The van der Waals surface area contributed by atoms with Crippen LogP contribution in [0.1, 0.15) is 50.2 Å². The zero-order chi connectivity index (χ0) is 17.6. The number of nitrogens with zero attached hydrogens (tertiary/aromatic N) is 3. The Bertz CT molecular complexity index is 574. The van der Waals surface area contributed by atoms with Gasteiger partial charge in [-0.2, -0.15) is 0 Å². The maximum Gasteiger partial charge on any atom is 0.191 e. The molecule has 25 heavy (non-hydrogen) atoms. The third-order valence-electron chi connectivity index (χ3n) is 4.84. The van der Waals surface area contributed by atoms with Crippen LogP contribution in [0.3, 0.4) is 0 Å². The zero-order valence-corrected chi connectivity index (χ0v) is 16.4. The molecule has 2 unspecified atom stereocenters. The molecule has 0 spiro atoms. The van der Waals surface area contributed by atoms with Gasteiger partial charge in [0.25, 0.3) is 0 Å². The Kier molecular flexibility index (Phi) is 6.67. The van der Waals surface area contributed by atoms with E-state index in [-0.39, 0.29) is 6.10 Å². The van der Waals surface area contributed by atoms with E-state index in [9.17, 15) is 0 Å². The lowest BCUT2D eigenvalue weighted by atomic mass is 10.2. The molecule has 0 bridgehead atoms. The molecule has 2 fully saturated rings. The van der Waals surface area contributed by atoms with Crippen LogP contribution in [0.15, 0.2) is 10.4 Å². The first-order valence-corrected chi connectivity index (χ1v) is 10.4. The van der Waals surface area contributed by atoms with Crippen LogP contribution in [0.5, 0.6) is 0 Å². The van der Waals surface area contributed by atoms with Gasteiger partial charge in [-0.15, -0.1) is 11.3 Å². The van der Waals surface area contributed by atoms with Crippen molar-refractivity contribution in [1.82, 2.24) is 20.5 Å². The summed E-state index contributed by atoms with van der Waals surface area (Å²) in [5.41, 5.74) is 1.16. The van der Waals surface area contributed by atoms with E-state index in [0.717, 1.165) is 42.9 Å². The average Bonchev–Trinajstić information content (AvgIpc) is 3.25. The van der Waals surface area contributed by atoms with Gasteiger partial charge in [-0.05, 0) is 32.2 Å². The first-order valence-electron chi connectivity index (χ1n) is 9.47. The fraction of sp³-hybridized carbons (Fsp3) is 0.778. The molecule has 1 aromatic heterocycles. The van der Waals surface area contributed by atoms with Gasteiger partial charge in [0.2, 0.25) is 0 Å². The number of rotatable bonds is 6. The molecule has 7 heteroatoms. The van der Waals surface area contributed by atoms with Crippen molar-refractivity contribution < 1.29 is 4.74 Å². The summed E-state index contributed by atoms with van der Waals surface area (Å²) in [6.07, 6.45) is 2.84. The molecule has 140 valence electrons. The van der Waals surface area contributed by atoms with Crippen molar-refractivity contribution in [3.05, 3.63) is 16.1 Å². The van der Waals surface area contributed by atoms with Gasteiger partial charge in [0, 0.05) is 31.1 Å². The Balaban J connectivity index is 1.49. The molecule has 2 aliphatic rings. The number of aromatic nitrogens is 1. The van der Waals surface area contributed by atoms with Gasteiger partial charge in [-0.3, -0.25) is 4.90 Å². The molecule has 0 radical (unpaired) electrons. The zero-order valence-electron chi connectivity index (χ0n) is 15.6. The maximum absolute atomic E-state index is 6.02. The van der Waals surface area contributed by atoms with Gasteiger partial charge in [0.15, 0.2) is 5.96 Å². The highest BCUT2D eigenvalue weighted by molar-refractivity contribution is 7.09. The van der Waals surface area contributed by atoms with Gasteiger partial charge < -0.3 is 15.4 Å². The topological polar surface area (TPSA) is 61.8 Å². The summed E-state index contributed by atoms with van der Waals surface area (Å²) < 4.78 is 6.02. The summed E-state index contributed by atoms with van der Waals surface area (Å²) in [6, 6.07) is 0.651. The summed E-state index contributed by atoms with van der Waals surface area (Å²) in [4.78, 5) is 11.9. The molecule has 2 aliphatic heterocycles. The molecule has 0 amide bonds. The minimum atomic E-state index is 0.241.